The maximum absolute atomic E-state index is 13.3. The monoisotopic (exact) mass is 340 g/mol. The number of halogens is 3. The van der Waals surface area contributed by atoms with Gasteiger partial charge in [-0.25, -0.2) is 0 Å². The van der Waals surface area contributed by atoms with E-state index in [1.54, 1.807) is 6.20 Å². The Hall–Kier alpha value is -2.09. The van der Waals surface area contributed by atoms with E-state index in [0.717, 1.165) is 16.5 Å². The van der Waals surface area contributed by atoms with Gasteiger partial charge in [0, 0.05) is 31.4 Å². The zero-order chi connectivity index (χ0) is 17.3. The van der Waals surface area contributed by atoms with Gasteiger partial charge in [0.05, 0.1) is 11.7 Å². The van der Waals surface area contributed by atoms with Crippen LogP contribution in [0.4, 0.5) is 13.2 Å². The first-order chi connectivity index (χ1) is 11.3. The minimum Gasteiger partial charge on any atom is -0.352 e. The van der Waals surface area contributed by atoms with Gasteiger partial charge < -0.3 is 5.32 Å². The predicted molar refractivity (Wildman–Crippen MR) is 83.2 cm³/mol. The number of carbonyl (C=O) groups excluding carboxylic acids is 1. The number of H-pyrrole nitrogens is 1. The lowest BCUT2D eigenvalue weighted by Crippen LogP contribution is -2.55. The molecule has 1 aliphatic heterocycles. The first-order valence-electron chi connectivity index (χ1n) is 7.83. The Kier molecular flexibility index (Phi) is 4.49. The van der Waals surface area contributed by atoms with Crippen molar-refractivity contribution in [3.8, 4) is 0 Å². The summed E-state index contributed by atoms with van der Waals surface area (Å²) in [7, 11) is 0. The lowest BCUT2D eigenvalue weighted by atomic mass is 9.96. The predicted octanol–water partition coefficient (Wildman–Crippen LogP) is 2.59. The number of benzene rings is 1. The van der Waals surface area contributed by atoms with Gasteiger partial charge in [0.15, 0.2) is 0 Å². The highest BCUT2D eigenvalue weighted by Crippen LogP contribution is 2.33. The molecule has 2 aromatic rings. The molecule has 1 aromatic carbocycles. The summed E-state index contributed by atoms with van der Waals surface area (Å²) in [5.74, 6) is -0.218. The third kappa shape index (κ3) is 3.69. The summed E-state index contributed by atoms with van der Waals surface area (Å²) in [6.07, 6.45) is -2.29. The lowest BCUT2D eigenvalue weighted by Gasteiger charge is -2.40. The molecule has 0 spiro atoms. The number of carbonyl (C=O) groups is 1. The fraction of sp³-hybridized carbons (Fsp3) is 0.500. The maximum Gasteiger partial charge on any atom is 0.404 e. The third-order valence-corrected chi connectivity index (χ3v) is 4.36. The number of alkyl halides is 3. The zero-order valence-electron chi connectivity index (χ0n) is 13.2. The van der Waals surface area contributed by atoms with E-state index < -0.39 is 12.2 Å². The summed E-state index contributed by atoms with van der Waals surface area (Å²) in [4.78, 5) is 12.6. The fourth-order valence-corrected chi connectivity index (χ4v) is 3.31. The molecular formula is C16H19F3N4O. The molecule has 24 heavy (non-hydrogen) atoms. The molecule has 0 aliphatic carbocycles. The largest absolute Gasteiger partial charge is 0.404 e. The maximum atomic E-state index is 13.3. The first kappa shape index (κ1) is 16.8. The van der Waals surface area contributed by atoms with Gasteiger partial charge in [0.25, 0.3) is 0 Å². The number of hydrogen-bond donors (Lipinski definition) is 2. The van der Waals surface area contributed by atoms with Gasteiger partial charge in [-0.3, -0.25) is 14.8 Å². The summed E-state index contributed by atoms with van der Waals surface area (Å²) < 4.78 is 40.0. The van der Waals surface area contributed by atoms with E-state index in [2.05, 4.69) is 15.5 Å². The van der Waals surface area contributed by atoms with Crippen LogP contribution in [-0.2, 0) is 11.3 Å². The van der Waals surface area contributed by atoms with Gasteiger partial charge in [-0.05, 0) is 24.5 Å². The molecule has 1 amide bonds. The highest BCUT2D eigenvalue weighted by atomic mass is 19.4. The van der Waals surface area contributed by atoms with Gasteiger partial charge >= 0.3 is 6.18 Å². The standard InChI is InChI=1S/C16H19F3N4O/c1-10(24)21-13-4-5-15(16(17,18)19)23(9-13)8-11-2-3-12-7-20-22-14(12)6-11/h2-3,6-7,13,15H,4-5,8-9H2,1H3,(H,20,22)(H,21,24)/t13-,15-/m0/s1. The molecule has 5 nitrogen and oxygen atoms in total. The number of aromatic nitrogens is 2. The number of likely N-dealkylation sites (tertiary alicyclic amines) is 1. The average molecular weight is 340 g/mol. The molecule has 1 aromatic heterocycles. The van der Waals surface area contributed by atoms with Gasteiger partial charge in [-0.15, -0.1) is 0 Å². The second kappa shape index (κ2) is 6.43. The summed E-state index contributed by atoms with van der Waals surface area (Å²) >= 11 is 0. The van der Waals surface area contributed by atoms with Crippen molar-refractivity contribution in [3.63, 3.8) is 0 Å². The average Bonchev–Trinajstić information content (AvgIpc) is 2.93. The minimum absolute atomic E-state index is 0.0131. The first-order valence-corrected chi connectivity index (χ1v) is 7.83. The number of hydrogen-bond acceptors (Lipinski definition) is 3. The number of fused-ring (bicyclic) bond motifs is 1. The van der Waals surface area contributed by atoms with Crippen LogP contribution in [0.15, 0.2) is 24.4 Å². The molecule has 0 bridgehead atoms. The topological polar surface area (TPSA) is 61.0 Å². The summed E-state index contributed by atoms with van der Waals surface area (Å²) in [5.41, 5.74) is 1.58. The van der Waals surface area contributed by atoms with Crippen LogP contribution in [0.5, 0.6) is 0 Å². The molecule has 0 unspecified atom stereocenters. The van der Waals surface area contributed by atoms with E-state index >= 15 is 0 Å². The molecule has 130 valence electrons. The Morgan fingerprint density at radius 2 is 2.21 bits per heavy atom. The SMILES string of the molecule is CC(=O)N[C@H]1CC[C@@H](C(F)(F)F)N(Cc2ccc3cn[nH]c3c2)C1. The fourth-order valence-electron chi connectivity index (χ4n) is 3.31. The molecule has 0 saturated carbocycles. The van der Waals surface area contributed by atoms with Crippen LogP contribution in [0.2, 0.25) is 0 Å². The second-order valence-corrected chi connectivity index (χ2v) is 6.25. The zero-order valence-corrected chi connectivity index (χ0v) is 13.2. The second-order valence-electron chi connectivity index (χ2n) is 6.25. The van der Waals surface area contributed by atoms with Crippen molar-refractivity contribution in [1.29, 1.82) is 0 Å². The van der Waals surface area contributed by atoms with Crippen molar-refractivity contribution in [3.05, 3.63) is 30.0 Å². The van der Waals surface area contributed by atoms with Crippen molar-refractivity contribution in [2.24, 2.45) is 0 Å². The highest BCUT2D eigenvalue weighted by Gasteiger charge is 2.46. The van der Waals surface area contributed by atoms with Crippen molar-refractivity contribution in [1.82, 2.24) is 20.4 Å². The molecule has 3 rings (SSSR count). The molecular weight excluding hydrogens is 321 g/mol. The van der Waals surface area contributed by atoms with Gasteiger partial charge in [-0.1, -0.05) is 12.1 Å². The lowest BCUT2D eigenvalue weighted by molar-refractivity contribution is -0.194. The van der Waals surface area contributed by atoms with Crippen LogP contribution in [0.3, 0.4) is 0 Å². The Bertz CT molecular complexity index is 727. The molecule has 1 fully saturated rings. The minimum atomic E-state index is -4.28. The molecule has 0 radical (unpaired) electrons. The van der Waals surface area contributed by atoms with E-state index in [-0.39, 0.29) is 31.5 Å². The number of piperidine rings is 1. The van der Waals surface area contributed by atoms with Crippen LogP contribution in [0.25, 0.3) is 10.9 Å². The van der Waals surface area contributed by atoms with Gasteiger partial charge in [0.2, 0.25) is 5.91 Å². The van der Waals surface area contributed by atoms with E-state index in [0.29, 0.717) is 6.42 Å². The van der Waals surface area contributed by atoms with Crippen molar-refractivity contribution < 1.29 is 18.0 Å². The Labute approximate surface area is 137 Å². The van der Waals surface area contributed by atoms with E-state index in [9.17, 15) is 18.0 Å². The summed E-state index contributed by atoms with van der Waals surface area (Å²) in [5, 5.41) is 10.4. The molecule has 1 aliphatic rings. The van der Waals surface area contributed by atoms with Crippen LogP contribution in [0.1, 0.15) is 25.3 Å². The van der Waals surface area contributed by atoms with Gasteiger partial charge in [-0.2, -0.15) is 18.3 Å². The number of nitrogens with one attached hydrogen (secondary N) is 2. The number of nitrogens with zero attached hydrogens (tertiary/aromatic N) is 2. The summed E-state index contributed by atoms with van der Waals surface area (Å²) in [6.45, 7) is 1.74. The van der Waals surface area contributed by atoms with Crippen molar-refractivity contribution >= 4 is 16.8 Å². The van der Waals surface area contributed by atoms with Crippen LogP contribution in [-0.4, -0.2) is 45.8 Å². The van der Waals surface area contributed by atoms with Crippen molar-refractivity contribution in [2.45, 2.75) is 44.6 Å². The Balaban J connectivity index is 1.80. The number of aromatic amines is 1. The molecule has 1 saturated heterocycles. The van der Waals surface area contributed by atoms with E-state index in [1.165, 1.54) is 11.8 Å². The van der Waals surface area contributed by atoms with Crippen LogP contribution in [0, 0.1) is 0 Å². The highest BCUT2D eigenvalue weighted by molar-refractivity contribution is 5.78. The molecule has 2 N–H and O–H groups in total. The van der Waals surface area contributed by atoms with Gasteiger partial charge in [0.1, 0.15) is 6.04 Å². The Morgan fingerprint density at radius 1 is 1.42 bits per heavy atom. The van der Waals surface area contributed by atoms with E-state index in [1.807, 2.05) is 18.2 Å². The normalized spacial score (nSPS) is 22.7. The molecule has 2 atom stereocenters. The quantitative estimate of drug-likeness (QED) is 0.903. The summed E-state index contributed by atoms with van der Waals surface area (Å²) in [6, 6.07) is 3.73. The third-order valence-electron chi connectivity index (χ3n) is 4.36. The number of rotatable bonds is 3. The van der Waals surface area contributed by atoms with Crippen LogP contribution < -0.4 is 5.32 Å². The number of amides is 1. The smallest absolute Gasteiger partial charge is 0.352 e. The molecule has 2 heterocycles. The van der Waals surface area contributed by atoms with E-state index in [4.69, 9.17) is 0 Å². The van der Waals surface area contributed by atoms with Crippen molar-refractivity contribution in [2.75, 3.05) is 6.54 Å². The molecule has 8 heteroatoms. The van der Waals surface area contributed by atoms with Crippen LogP contribution >= 0.6 is 0 Å². The Morgan fingerprint density at radius 3 is 2.92 bits per heavy atom.